The summed E-state index contributed by atoms with van der Waals surface area (Å²) in [4.78, 5) is 0. The minimum absolute atomic E-state index is 0. The molecule has 0 heterocycles. The third kappa shape index (κ3) is 13.7. The molecule has 16 heavy (non-hydrogen) atoms. The molecule has 0 bridgehead atoms. The van der Waals surface area contributed by atoms with Crippen molar-refractivity contribution in [1.82, 2.24) is 0 Å². The van der Waals surface area contributed by atoms with Crippen LogP contribution in [0.15, 0.2) is 0 Å². The third-order valence-electron chi connectivity index (χ3n) is 1.37. The first-order valence-electron chi connectivity index (χ1n) is 3.66. The monoisotopic (exact) mass is 262 g/mol. The Morgan fingerprint density at radius 3 is 1.31 bits per heavy atom. The van der Waals surface area contributed by atoms with Crippen molar-refractivity contribution in [3.8, 4) is 0 Å². The molecule has 6 radical (unpaired) electrons. The fourth-order valence-electron chi connectivity index (χ4n) is 0.782. The summed E-state index contributed by atoms with van der Waals surface area (Å²) < 4.78 is 22.5. The molecule has 1 N–H and O–H groups in total. The van der Waals surface area contributed by atoms with Crippen molar-refractivity contribution in [2.24, 2.45) is 0 Å². The maximum Gasteiger partial charge on any atom is 0 e. The molecule has 1 aliphatic rings. The van der Waals surface area contributed by atoms with Crippen LogP contribution in [0, 0.1) is 51.6 Å². The van der Waals surface area contributed by atoms with Crippen LogP contribution in [0.5, 0.6) is 0 Å². The normalized spacial score (nSPS) is 13.3. The van der Waals surface area contributed by atoms with E-state index in [1.165, 1.54) is 0 Å². The molecule has 1 saturated carbocycles. The second-order valence-corrected chi connectivity index (χ2v) is 2.73. The Morgan fingerprint density at radius 2 is 1.19 bits per heavy atom. The molecule has 0 spiro atoms. The van der Waals surface area contributed by atoms with Crippen LogP contribution in [0.4, 0.5) is 0 Å². The van der Waals surface area contributed by atoms with Crippen molar-refractivity contribution in [3.05, 3.63) is 51.6 Å². The summed E-state index contributed by atoms with van der Waals surface area (Å²) in [5, 5.41) is 9.38. The standard InChI is InChI=1S/C8H11O.3CO.Mn/c1-8(2,9)7-5-3-4-6-7;3*1-2;/h3-6,9H,1-2H3;;;;. The van der Waals surface area contributed by atoms with Gasteiger partial charge in [-0.05, 0) is 39.5 Å². The van der Waals surface area contributed by atoms with Crippen LogP contribution in [-0.4, -0.2) is 10.7 Å². The molecule has 0 aromatic heterocycles. The van der Waals surface area contributed by atoms with Gasteiger partial charge in [0.15, 0.2) is 0 Å². The van der Waals surface area contributed by atoms with E-state index < -0.39 is 5.60 Å². The van der Waals surface area contributed by atoms with Crippen molar-refractivity contribution in [2.45, 2.75) is 19.4 Å². The molecular weight excluding hydrogens is 251 g/mol. The van der Waals surface area contributed by atoms with Gasteiger partial charge in [0.05, 0.1) is 5.60 Å². The minimum Gasteiger partial charge on any atom is 0 e. The predicted molar refractivity (Wildman–Crippen MR) is 48.5 cm³/mol. The summed E-state index contributed by atoms with van der Waals surface area (Å²) in [5.74, 6) is 0.975. The quantitative estimate of drug-likeness (QED) is 0.427. The van der Waals surface area contributed by atoms with E-state index in [0.29, 0.717) is 0 Å². The van der Waals surface area contributed by atoms with Crippen molar-refractivity contribution < 1.29 is 36.1 Å². The Labute approximate surface area is 107 Å². The Kier molecular flexibility index (Phi) is 26.5. The van der Waals surface area contributed by atoms with E-state index in [1.54, 1.807) is 13.8 Å². The summed E-state index contributed by atoms with van der Waals surface area (Å²) in [6.45, 7) is 17.1. The van der Waals surface area contributed by atoms with Gasteiger partial charge < -0.3 is 5.11 Å². The van der Waals surface area contributed by atoms with Crippen LogP contribution in [0.2, 0.25) is 0 Å². The first kappa shape index (κ1) is 24.8. The van der Waals surface area contributed by atoms with Gasteiger partial charge in [-0.1, -0.05) is 0 Å². The van der Waals surface area contributed by atoms with Crippen LogP contribution in [0.25, 0.3) is 0 Å². The maximum absolute atomic E-state index is 9.38. The largest absolute Gasteiger partial charge is 0 e. The second-order valence-electron chi connectivity index (χ2n) is 2.73. The van der Waals surface area contributed by atoms with Crippen LogP contribution >= 0.6 is 0 Å². The van der Waals surface area contributed by atoms with Gasteiger partial charge in [-0.3, -0.25) is 0 Å². The van der Waals surface area contributed by atoms with E-state index in [0.717, 1.165) is 5.92 Å². The zero-order valence-corrected chi connectivity index (χ0v) is 10.0. The zero-order valence-electron chi connectivity index (χ0n) is 8.86. The van der Waals surface area contributed by atoms with Crippen LogP contribution in [0.3, 0.4) is 0 Å². The Balaban J connectivity index is -0.0000000900. The molecule has 0 atom stereocenters. The number of hydrogen-bond donors (Lipinski definition) is 1. The van der Waals surface area contributed by atoms with Gasteiger partial charge in [0.1, 0.15) is 0 Å². The predicted octanol–water partition coefficient (Wildman–Crippen LogP) is 1.05. The average Bonchev–Trinajstić information content (AvgIpc) is 2.79. The van der Waals surface area contributed by atoms with Crippen LogP contribution in [0.1, 0.15) is 13.8 Å². The SMILES string of the molecule is CC(C)(O)[C]1[CH][CH][CH][CH]1.[C-]#[O+].[C-]#[O+].[C-]#[O+].[Mn]. The van der Waals surface area contributed by atoms with Crippen molar-refractivity contribution in [1.29, 1.82) is 0 Å². The molecule has 86 valence electrons. The number of aliphatic hydroxyl groups is 1. The van der Waals surface area contributed by atoms with Gasteiger partial charge >= 0.3 is 33.9 Å². The molecule has 0 aromatic carbocycles. The van der Waals surface area contributed by atoms with Gasteiger partial charge in [0.25, 0.3) is 0 Å². The van der Waals surface area contributed by atoms with Gasteiger partial charge in [-0.2, -0.15) is 0 Å². The van der Waals surface area contributed by atoms with E-state index >= 15 is 0 Å². The molecule has 5 heteroatoms. The fourth-order valence-corrected chi connectivity index (χ4v) is 0.782. The Bertz CT molecular complexity index is 170. The summed E-state index contributed by atoms with van der Waals surface area (Å²) in [6, 6.07) is 0. The second kappa shape index (κ2) is 17.1. The average molecular weight is 262 g/mol. The molecule has 0 unspecified atom stereocenters. The topological polar surface area (TPSA) is 79.9 Å². The molecule has 0 aromatic rings. The molecule has 1 fully saturated rings. The molecule has 0 aliphatic heterocycles. The van der Waals surface area contributed by atoms with Gasteiger partial charge in [-0.25, -0.2) is 0 Å². The Morgan fingerprint density at radius 1 is 0.938 bits per heavy atom. The summed E-state index contributed by atoms with van der Waals surface area (Å²) in [5.41, 5.74) is -0.677. The van der Waals surface area contributed by atoms with Gasteiger partial charge in [-0.15, -0.1) is 0 Å². The molecule has 1 rings (SSSR count). The molecule has 1 aliphatic carbocycles. The summed E-state index contributed by atoms with van der Waals surface area (Å²) in [7, 11) is 0. The van der Waals surface area contributed by atoms with E-state index in [1.807, 2.05) is 25.7 Å². The maximum atomic E-state index is 9.38. The molecule has 0 saturated heterocycles. The molecule has 0 amide bonds. The zero-order chi connectivity index (χ0) is 12.9. The first-order chi connectivity index (χ1) is 7.11. The molecule has 4 nitrogen and oxygen atoms in total. The van der Waals surface area contributed by atoms with Gasteiger partial charge in [0.2, 0.25) is 0 Å². The van der Waals surface area contributed by atoms with E-state index in [4.69, 9.17) is 14.0 Å². The summed E-state index contributed by atoms with van der Waals surface area (Å²) >= 11 is 0. The van der Waals surface area contributed by atoms with Crippen LogP contribution in [-0.2, 0) is 31.0 Å². The van der Waals surface area contributed by atoms with E-state index in [9.17, 15) is 5.11 Å². The van der Waals surface area contributed by atoms with E-state index in [2.05, 4.69) is 20.0 Å². The summed E-state index contributed by atoms with van der Waals surface area (Å²) in [6.07, 6.45) is 7.68. The fraction of sp³-hybridized carbons (Fsp3) is 0.273. The number of rotatable bonds is 1. The van der Waals surface area contributed by atoms with Crippen molar-refractivity contribution in [2.75, 3.05) is 0 Å². The Hall–Kier alpha value is -0.301. The van der Waals surface area contributed by atoms with Crippen LogP contribution < -0.4 is 0 Å². The first-order valence-corrected chi connectivity index (χ1v) is 3.66. The third-order valence-corrected chi connectivity index (χ3v) is 1.37. The van der Waals surface area contributed by atoms with E-state index in [-0.39, 0.29) is 17.1 Å². The van der Waals surface area contributed by atoms with Gasteiger partial charge in [0, 0.05) is 23.0 Å². The van der Waals surface area contributed by atoms with Crippen molar-refractivity contribution in [3.63, 3.8) is 0 Å². The molecular formula is C11H11MnO4. The smallest absolute Gasteiger partial charge is 0 e. The minimum atomic E-state index is -0.677. The number of hydrogen-bond acceptors (Lipinski definition) is 1. The van der Waals surface area contributed by atoms with Crippen molar-refractivity contribution >= 4 is 0 Å².